The highest BCUT2D eigenvalue weighted by Gasteiger charge is 2.38. The van der Waals surface area contributed by atoms with Gasteiger partial charge in [-0.1, -0.05) is 5.11 Å². The lowest BCUT2D eigenvalue weighted by molar-refractivity contribution is -0.193. The summed E-state index contributed by atoms with van der Waals surface area (Å²) in [6, 6.07) is 1.43. The van der Waals surface area contributed by atoms with Crippen molar-refractivity contribution in [1.82, 2.24) is 9.55 Å². The van der Waals surface area contributed by atoms with E-state index in [0.717, 1.165) is 4.57 Å². The molecular formula is C13H22FN7O4. The number of hydrogen-bond acceptors (Lipinski definition) is 8. The third-order valence-electron chi connectivity index (χ3n) is 3.39. The first kappa shape index (κ1) is 20.8. The van der Waals surface area contributed by atoms with Crippen LogP contribution in [0.25, 0.3) is 10.4 Å². The second kappa shape index (κ2) is 9.91. The molecule has 0 aromatic carbocycles. The van der Waals surface area contributed by atoms with E-state index in [2.05, 4.69) is 20.3 Å². The number of alkyl halides is 1. The van der Waals surface area contributed by atoms with Crippen molar-refractivity contribution in [2.24, 2.45) is 10.8 Å². The van der Waals surface area contributed by atoms with Gasteiger partial charge >= 0.3 is 5.69 Å². The molecule has 25 heavy (non-hydrogen) atoms. The maximum absolute atomic E-state index is 13.4. The summed E-state index contributed by atoms with van der Waals surface area (Å²) < 4.78 is 19.5. The molecule has 0 unspecified atom stereocenters. The summed E-state index contributed by atoms with van der Waals surface area (Å²) in [6.45, 7) is 0.0983. The van der Waals surface area contributed by atoms with Crippen LogP contribution in [0.4, 0.5) is 10.2 Å². The Hall–Kier alpha value is -2.24. The van der Waals surface area contributed by atoms with Crippen LogP contribution in [0, 0.1) is 0 Å². The number of aliphatic hydroxyl groups is 2. The van der Waals surface area contributed by atoms with Crippen LogP contribution in [-0.2, 0) is 4.74 Å². The van der Waals surface area contributed by atoms with E-state index in [1.165, 1.54) is 19.2 Å². The molecule has 0 spiro atoms. The molecule has 0 aliphatic carbocycles. The Bertz CT molecular complexity index is 650. The number of hydrogen-bond donors (Lipinski definition) is 4. The summed E-state index contributed by atoms with van der Waals surface area (Å²) in [7, 11) is 0. The molecule has 1 rings (SSSR count). The van der Waals surface area contributed by atoms with Gasteiger partial charge in [-0.3, -0.25) is 4.57 Å². The van der Waals surface area contributed by atoms with Crippen LogP contribution >= 0.6 is 0 Å². The first-order valence-electron chi connectivity index (χ1n) is 7.56. The van der Waals surface area contributed by atoms with Gasteiger partial charge in [0, 0.05) is 17.7 Å². The third-order valence-corrected chi connectivity index (χ3v) is 3.39. The summed E-state index contributed by atoms with van der Waals surface area (Å²) in [5.74, 6) is 0.284. The molecule has 12 heteroatoms. The monoisotopic (exact) mass is 359 g/mol. The minimum atomic E-state index is -2.14. The maximum atomic E-state index is 13.4. The quantitative estimate of drug-likeness (QED) is 0.184. The highest BCUT2D eigenvalue weighted by Crippen LogP contribution is 2.25. The predicted octanol–water partition coefficient (Wildman–Crippen LogP) is -0.132. The molecule has 3 atom stereocenters. The lowest BCUT2D eigenvalue weighted by atomic mass is 10.1. The third kappa shape index (κ3) is 5.37. The molecule has 0 aliphatic rings. The van der Waals surface area contributed by atoms with E-state index in [1.807, 2.05) is 0 Å². The number of nitrogens with one attached hydrogen (secondary N) is 1. The molecule has 0 amide bonds. The van der Waals surface area contributed by atoms with Crippen molar-refractivity contribution in [2.75, 3.05) is 31.7 Å². The molecule has 0 fully saturated rings. The van der Waals surface area contributed by atoms with Crippen molar-refractivity contribution in [3.8, 4) is 0 Å². The summed E-state index contributed by atoms with van der Waals surface area (Å²) in [5, 5.41) is 25.2. The molecule has 0 saturated carbocycles. The van der Waals surface area contributed by atoms with Crippen molar-refractivity contribution in [3.63, 3.8) is 0 Å². The Morgan fingerprint density at radius 3 is 2.88 bits per heavy atom. The number of rotatable bonds is 11. The van der Waals surface area contributed by atoms with Crippen LogP contribution in [0.3, 0.4) is 0 Å². The molecule has 1 heterocycles. The van der Waals surface area contributed by atoms with Crippen LogP contribution in [0.5, 0.6) is 0 Å². The molecule has 11 nitrogen and oxygen atoms in total. The molecular weight excluding hydrogens is 337 g/mol. The van der Waals surface area contributed by atoms with Crippen LogP contribution in [0.1, 0.15) is 19.6 Å². The molecule has 0 saturated heterocycles. The van der Waals surface area contributed by atoms with E-state index in [0.29, 0.717) is 19.5 Å². The standard InChI is InChI=1S/C13H22FN7O4/c1-9(23)13(8-22,19-20-16)25-11(7-14)21-6-3-10(18-12(21)24)17-5-2-4-15/h3,6,9,11,22-23H,2,4-5,7-8,15H2,1H3,(H,17,18,24)/t9-,11-,13-/m1/s1. The fraction of sp³-hybridized carbons (Fsp3) is 0.692. The van der Waals surface area contributed by atoms with Crippen LogP contribution in [-0.4, -0.2) is 58.0 Å². The number of halogens is 1. The van der Waals surface area contributed by atoms with Gasteiger partial charge in [0.1, 0.15) is 12.5 Å². The smallest absolute Gasteiger partial charge is 0.351 e. The Kier molecular flexibility index (Phi) is 8.25. The van der Waals surface area contributed by atoms with E-state index in [1.54, 1.807) is 0 Å². The summed E-state index contributed by atoms with van der Waals surface area (Å²) >= 11 is 0. The van der Waals surface area contributed by atoms with Crippen molar-refractivity contribution >= 4 is 5.82 Å². The first-order chi connectivity index (χ1) is 11.9. The summed E-state index contributed by atoms with van der Waals surface area (Å²) in [4.78, 5) is 18.3. The highest BCUT2D eigenvalue weighted by atomic mass is 19.1. The summed E-state index contributed by atoms with van der Waals surface area (Å²) in [6.07, 6.45) is -1.08. The first-order valence-corrected chi connectivity index (χ1v) is 7.56. The minimum absolute atomic E-state index is 0.284. The minimum Gasteiger partial charge on any atom is -0.393 e. The van der Waals surface area contributed by atoms with Crippen LogP contribution in [0.2, 0.25) is 0 Å². The zero-order chi connectivity index (χ0) is 18.9. The van der Waals surface area contributed by atoms with Gasteiger partial charge in [-0.05, 0) is 31.5 Å². The Morgan fingerprint density at radius 2 is 2.40 bits per heavy atom. The normalized spacial score (nSPS) is 15.7. The number of azide groups is 1. The van der Waals surface area contributed by atoms with Crippen LogP contribution in [0.15, 0.2) is 22.2 Å². The predicted molar refractivity (Wildman–Crippen MR) is 87.4 cm³/mol. The fourth-order valence-electron chi connectivity index (χ4n) is 1.93. The zero-order valence-corrected chi connectivity index (χ0v) is 13.7. The van der Waals surface area contributed by atoms with Gasteiger partial charge in [0.2, 0.25) is 0 Å². The summed E-state index contributed by atoms with van der Waals surface area (Å²) in [5.41, 5.74) is 11.0. The second-order valence-corrected chi connectivity index (χ2v) is 5.17. The van der Waals surface area contributed by atoms with Gasteiger partial charge in [0.25, 0.3) is 0 Å². The van der Waals surface area contributed by atoms with E-state index >= 15 is 0 Å². The van der Waals surface area contributed by atoms with Crippen molar-refractivity contribution in [3.05, 3.63) is 33.2 Å². The second-order valence-electron chi connectivity index (χ2n) is 5.17. The van der Waals surface area contributed by atoms with Gasteiger partial charge in [-0.15, -0.1) is 0 Å². The van der Waals surface area contributed by atoms with E-state index in [-0.39, 0.29) is 5.82 Å². The van der Waals surface area contributed by atoms with Crippen molar-refractivity contribution in [2.45, 2.75) is 31.4 Å². The zero-order valence-electron chi connectivity index (χ0n) is 13.7. The lowest BCUT2D eigenvalue weighted by Gasteiger charge is -2.33. The van der Waals surface area contributed by atoms with Gasteiger partial charge in [-0.2, -0.15) is 4.98 Å². The van der Waals surface area contributed by atoms with E-state index < -0.39 is 37.0 Å². The number of nitrogens with two attached hydrogens (primary N) is 1. The van der Waals surface area contributed by atoms with Gasteiger partial charge < -0.3 is 26.0 Å². The number of nitrogens with zero attached hydrogens (tertiary/aromatic N) is 5. The van der Waals surface area contributed by atoms with Crippen molar-refractivity contribution < 1.29 is 19.3 Å². The average Bonchev–Trinajstić information content (AvgIpc) is 2.59. The molecule has 0 bridgehead atoms. The molecule has 0 aliphatic heterocycles. The molecule has 0 radical (unpaired) electrons. The largest absolute Gasteiger partial charge is 0.393 e. The van der Waals surface area contributed by atoms with Crippen LogP contribution < -0.4 is 16.7 Å². The molecule has 5 N–H and O–H groups in total. The van der Waals surface area contributed by atoms with Gasteiger partial charge in [0.05, 0.1) is 12.7 Å². The van der Waals surface area contributed by atoms with E-state index in [9.17, 15) is 19.4 Å². The molecule has 140 valence electrons. The van der Waals surface area contributed by atoms with E-state index in [4.69, 9.17) is 16.0 Å². The Labute approximate surface area is 142 Å². The maximum Gasteiger partial charge on any atom is 0.351 e. The lowest BCUT2D eigenvalue weighted by Crippen LogP contribution is -2.48. The fourth-order valence-corrected chi connectivity index (χ4v) is 1.93. The Balaban J connectivity index is 3.06. The molecule has 1 aromatic heterocycles. The Morgan fingerprint density at radius 1 is 1.68 bits per heavy atom. The number of anilines is 1. The SMILES string of the molecule is C[C@@H](O)[C@](CO)(N=[N+]=[N-])O[C@H](CF)n1ccc(NCCCN)nc1=O. The molecule has 1 aromatic rings. The highest BCUT2D eigenvalue weighted by molar-refractivity contribution is 5.31. The number of aromatic nitrogens is 2. The topological polar surface area (TPSA) is 171 Å². The number of ether oxygens (including phenoxy) is 1. The van der Waals surface area contributed by atoms with Crippen molar-refractivity contribution in [1.29, 1.82) is 0 Å². The van der Waals surface area contributed by atoms with Gasteiger partial charge in [0.15, 0.2) is 12.0 Å². The number of aliphatic hydroxyl groups excluding tert-OH is 2. The average molecular weight is 359 g/mol. The van der Waals surface area contributed by atoms with Gasteiger partial charge in [-0.25, -0.2) is 9.18 Å².